The predicted octanol–water partition coefficient (Wildman–Crippen LogP) is 4.65. The van der Waals surface area contributed by atoms with Crippen LogP contribution < -0.4 is 4.65 Å². The van der Waals surface area contributed by atoms with Crippen molar-refractivity contribution < 1.29 is 14.7 Å². The van der Waals surface area contributed by atoms with Gasteiger partial charge in [0.1, 0.15) is 5.75 Å². The van der Waals surface area contributed by atoms with Gasteiger partial charge in [0.15, 0.2) is 0 Å². The minimum Gasteiger partial charge on any atom is -0.512 e. The molecule has 0 saturated carbocycles. The molecule has 0 spiro atoms. The molecule has 1 aliphatic carbocycles. The molecule has 0 aliphatic heterocycles. The highest BCUT2D eigenvalue weighted by Gasteiger charge is 2.38. The molecule has 5 rings (SSSR count). The average Bonchev–Trinajstić information content (AvgIpc) is 2.89. The normalized spacial score (nSPS) is 14.2. The van der Waals surface area contributed by atoms with E-state index in [0.717, 1.165) is 5.56 Å². The third-order valence-electron chi connectivity index (χ3n) is 5.73. The van der Waals surface area contributed by atoms with Gasteiger partial charge in [-0.3, -0.25) is 0 Å². The summed E-state index contributed by atoms with van der Waals surface area (Å²) in [6, 6.07) is 22.9. The summed E-state index contributed by atoms with van der Waals surface area (Å²) < 4.78 is 5.12. The quantitative estimate of drug-likeness (QED) is 0.407. The standard InChI is InChI=1S/C23H19BO3/c1-23(2)20-13-14(27-24(25)26)11-12-19(20)21-17-9-5-3-7-15(17)16-8-4-6-10-18(16)22(21)23/h3-13,25-26H,1-2H3. The van der Waals surface area contributed by atoms with E-state index in [0.29, 0.717) is 5.75 Å². The first-order valence-corrected chi connectivity index (χ1v) is 9.10. The molecule has 0 saturated heterocycles. The number of hydrogen-bond donors (Lipinski definition) is 2. The van der Waals surface area contributed by atoms with E-state index in [1.54, 1.807) is 6.07 Å². The van der Waals surface area contributed by atoms with Gasteiger partial charge in [0, 0.05) is 5.41 Å². The second-order valence-corrected chi connectivity index (χ2v) is 7.62. The summed E-state index contributed by atoms with van der Waals surface area (Å²) >= 11 is 0. The third-order valence-corrected chi connectivity index (χ3v) is 5.73. The van der Waals surface area contributed by atoms with Crippen molar-refractivity contribution in [2.75, 3.05) is 0 Å². The summed E-state index contributed by atoms with van der Waals surface area (Å²) in [7, 11) is -1.82. The molecule has 0 atom stereocenters. The van der Waals surface area contributed by atoms with Crippen LogP contribution in [0, 0.1) is 0 Å². The molecule has 4 aromatic rings. The molecule has 4 heteroatoms. The molecular formula is C23H19BO3. The lowest BCUT2D eigenvalue weighted by atomic mass is 9.79. The summed E-state index contributed by atoms with van der Waals surface area (Å²) in [5, 5.41) is 23.4. The zero-order valence-corrected chi connectivity index (χ0v) is 15.2. The summed E-state index contributed by atoms with van der Waals surface area (Å²) in [4.78, 5) is 0. The molecule has 27 heavy (non-hydrogen) atoms. The monoisotopic (exact) mass is 354 g/mol. The van der Waals surface area contributed by atoms with Crippen molar-refractivity contribution in [2.24, 2.45) is 0 Å². The van der Waals surface area contributed by atoms with E-state index in [-0.39, 0.29) is 5.41 Å². The fourth-order valence-electron chi connectivity index (χ4n) is 4.66. The molecule has 2 N–H and O–H groups in total. The lowest BCUT2D eigenvalue weighted by molar-refractivity contribution is 0.288. The van der Waals surface area contributed by atoms with Gasteiger partial charge in [0.25, 0.3) is 0 Å². The lowest BCUT2D eigenvalue weighted by Gasteiger charge is -2.24. The van der Waals surface area contributed by atoms with Crippen molar-refractivity contribution in [2.45, 2.75) is 19.3 Å². The molecule has 0 heterocycles. The molecule has 0 aromatic heterocycles. The first kappa shape index (κ1) is 16.4. The van der Waals surface area contributed by atoms with Gasteiger partial charge in [-0.1, -0.05) is 68.4 Å². The van der Waals surface area contributed by atoms with E-state index in [2.05, 4.69) is 62.4 Å². The van der Waals surface area contributed by atoms with Gasteiger partial charge >= 0.3 is 7.32 Å². The van der Waals surface area contributed by atoms with Crippen molar-refractivity contribution >= 4 is 28.9 Å². The van der Waals surface area contributed by atoms with Crippen molar-refractivity contribution in [1.82, 2.24) is 0 Å². The van der Waals surface area contributed by atoms with Crippen molar-refractivity contribution in [3.8, 4) is 16.9 Å². The van der Waals surface area contributed by atoms with E-state index < -0.39 is 7.32 Å². The number of fused-ring (bicyclic) bond motifs is 8. The molecule has 3 nitrogen and oxygen atoms in total. The summed E-state index contributed by atoms with van der Waals surface area (Å²) in [6.45, 7) is 4.44. The van der Waals surface area contributed by atoms with Crippen LogP contribution in [0.25, 0.3) is 32.7 Å². The number of hydrogen-bond acceptors (Lipinski definition) is 3. The van der Waals surface area contributed by atoms with Gasteiger partial charge in [-0.05, 0) is 55.9 Å². The second-order valence-electron chi connectivity index (χ2n) is 7.62. The Labute approximate surface area is 158 Å². The number of benzene rings is 4. The highest BCUT2D eigenvalue weighted by atomic mass is 16.6. The Morgan fingerprint density at radius 2 is 1.37 bits per heavy atom. The van der Waals surface area contributed by atoms with Crippen LogP contribution in [-0.2, 0) is 5.41 Å². The van der Waals surface area contributed by atoms with Gasteiger partial charge in [-0.25, -0.2) is 0 Å². The van der Waals surface area contributed by atoms with Gasteiger partial charge in [-0.15, -0.1) is 0 Å². The Balaban J connectivity index is 1.92. The van der Waals surface area contributed by atoms with Crippen LogP contribution in [0.1, 0.15) is 25.0 Å². The fraction of sp³-hybridized carbons (Fsp3) is 0.130. The third kappa shape index (κ3) is 2.24. The van der Waals surface area contributed by atoms with Gasteiger partial charge in [-0.2, -0.15) is 0 Å². The molecule has 1 aliphatic rings. The molecule has 4 aromatic carbocycles. The minimum atomic E-state index is -1.82. The summed E-state index contributed by atoms with van der Waals surface area (Å²) in [6.07, 6.45) is 0. The Hall–Kier alpha value is -2.82. The van der Waals surface area contributed by atoms with E-state index in [4.69, 9.17) is 4.65 Å². The average molecular weight is 354 g/mol. The van der Waals surface area contributed by atoms with Crippen molar-refractivity contribution in [3.63, 3.8) is 0 Å². The SMILES string of the molecule is CC1(C)c2cc(OB(O)O)ccc2-c2c1c1ccccc1c1ccccc21. The highest BCUT2D eigenvalue weighted by molar-refractivity contribution is 6.33. The first-order valence-electron chi connectivity index (χ1n) is 9.10. The Morgan fingerprint density at radius 1 is 0.778 bits per heavy atom. The zero-order chi connectivity index (χ0) is 18.8. The molecule has 0 unspecified atom stereocenters. The van der Waals surface area contributed by atoms with Gasteiger partial charge in [0.05, 0.1) is 0 Å². The summed E-state index contributed by atoms with van der Waals surface area (Å²) in [5.74, 6) is 0.457. The van der Waals surface area contributed by atoms with E-state index >= 15 is 0 Å². The van der Waals surface area contributed by atoms with Crippen molar-refractivity contribution in [1.29, 1.82) is 0 Å². The van der Waals surface area contributed by atoms with E-state index in [9.17, 15) is 10.0 Å². The van der Waals surface area contributed by atoms with Crippen LogP contribution in [0.3, 0.4) is 0 Å². The first-order chi connectivity index (χ1) is 13.0. The van der Waals surface area contributed by atoms with E-state index in [1.807, 2.05) is 12.1 Å². The smallest absolute Gasteiger partial charge is 0.512 e. The largest absolute Gasteiger partial charge is 0.707 e. The molecule has 0 amide bonds. The Bertz CT molecular complexity index is 1210. The van der Waals surface area contributed by atoms with Crippen LogP contribution in [0.15, 0.2) is 66.7 Å². The molecule has 0 bridgehead atoms. The van der Waals surface area contributed by atoms with Gasteiger partial charge < -0.3 is 14.7 Å². The number of rotatable bonds is 2. The summed E-state index contributed by atoms with van der Waals surface area (Å²) in [5.41, 5.74) is 4.66. The molecule has 0 radical (unpaired) electrons. The van der Waals surface area contributed by atoms with E-state index in [1.165, 1.54) is 38.2 Å². The van der Waals surface area contributed by atoms with Crippen LogP contribution in [-0.4, -0.2) is 17.4 Å². The Kier molecular flexibility index (Phi) is 3.39. The molecular weight excluding hydrogens is 335 g/mol. The van der Waals surface area contributed by atoms with Crippen molar-refractivity contribution in [3.05, 3.63) is 77.9 Å². The topological polar surface area (TPSA) is 49.7 Å². The highest BCUT2D eigenvalue weighted by Crippen LogP contribution is 2.55. The molecule has 0 fully saturated rings. The maximum absolute atomic E-state index is 9.17. The maximum atomic E-state index is 9.17. The maximum Gasteiger partial charge on any atom is 0.707 e. The van der Waals surface area contributed by atoms with Gasteiger partial charge in [0.2, 0.25) is 0 Å². The van der Waals surface area contributed by atoms with Crippen LogP contribution in [0.4, 0.5) is 0 Å². The Morgan fingerprint density at radius 3 is 2.04 bits per heavy atom. The second kappa shape index (κ2) is 5.59. The lowest BCUT2D eigenvalue weighted by Crippen LogP contribution is -2.21. The van der Waals surface area contributed by atoms with Crippen LogP contribution in [0.2, 0.25) is 0 Å². The predicted molar refractivity (Wildman–Crippen MR) is 110 cm³/mol. The van der Waals surface area contributed by atoms with Crippen LogP contribution >= 0.6 is 0 Å². The fourth-order valence-corrected chi connectivity index (χ4v) is 4.66. The zero-order valence-electron chi connectivity index (χ0n) is 15.2. The minimum absolute atomic E-state index is 0.228. The van der Waals surface area contributed by atoms with Crippen LogP contribution in [0.5, 0.6) is 5.75 Å². The molecule has 132 valence electrons.